The van der Waals surface area contributed by atoms with Gasteiger partial charge in [0.2, 0.25) is 5.91 Å². The van der Waals surface area contributed by atoms with Gasteiger partial charge in [-0.25, -0.2) is 0 Å². The smallest absolute Gasteiger partial charge is 0.226 e. The SMILES string of the molecule is O=C(CC1CSCCN1)Nc1cnn(Cc2ccccc2)c1. The molecule has 1 saturated heterocycles. The van der Waals surface area contributed by atoms with Gasteiger partial charge in [0.15, 0.2) is 0 Å². The van der Waals surface area contributed by atoms with Crippen molar-refractivity contribution in [1.82, 2.24) is 15.1 Å². The molecule has 22 heavy (non-hydrogen) atoms. The van der Waals surface area contributed by atoms with Crippen molar-refractivity contribution in [2.45, 2.75) is 19.0 Å². The lowest BCUT2D eigenvalue weighted by Gasteiger charge is -2.22. The van der Waals surface area contributed by atoms with Crippen LogP contribution in [-0.4, -0.2) is 39.8 Å². The molecular weight excluding hydrogens is 296 g/mol. The van der Waals surface area contributed by atoms with Crippen molar-refractivity contribution in [1.29, 1.82) is 0 Å². The molecule has 0 bridgehead atoms. The quantitative estimate of drug-likeness (QED) is 0.885. The zero-order valence-corrected chi connectivity index (χ0v) is 13.2. The summed E-state index contributed by atoms with van der Waals surface area (Å²) in [5.41, 5.74) is 1.94. The van der Waals surface area contributed by atoms with Gasteiger partial charge in [-0.05, 0) is 5.56 Å². The maximum Gasteiger partial charge on any atom is 0.226 e. The number of aromatic nitrogens is 2. The minimum absolute atomic E-state index is 0.0410. The molecule has 1 atom stereocenters. The summed E-state index contributed by atoms with van der Waals surface area (Å²) in [4.78, 5) is 12.1. The Hall–Kier alpha value is -1.79. The number of carbonyl (C=O) groups is 1. The Balaban J connectivity index is 1.51. The lowest BCUT2D eigenvalue weighted by atomic mass is 10.2. The molecule has 1 unspecified atom stereocenters. The Morgan fingerprint density at radius 2 is 2.27 bits per heavy atom. The Morgan fingerprint density at radius 1 is 1.41 bits per heavy atom. The minimum Gasteiger partial charge on any atom is -0.323 e. The van der Waals surface area contributed by atoms with E-state index in [4.69, 9.17) is 0 Å². The number of carbonyl (C=O) groups excluding carboxylic acids is 1. The van der Waals surface area contributed by atoms with Crippen LogP contribution in [0, 0.1) is 0 Å². The predicted octanol–water partition coefficient (Wildman–Crippen LogP) is 1.96. The van der Waals surface area contributed by atoms with Gasteiger partial charge in [-0.1, -0.05) is 30.3 Å². The third kappa shape index (κ3) is 4.35. The van der Waals surface area contributed by atoms with Gasteiger partial charge in [-0.3, -0.25) is 9.48 Å². The molecule has 2 aromatic rings. The van der Waals surface area contributed by atoms with Gasteiger partial charge in [0.05, 0.1) is 18.4 Å². The van der Waals surface area contributed by atoms with Crippen molar-refractivity contribution in [2.75, 3.05) is 23.4 Å². The number of amides is 1. The molecule has 0 radical (unpaired) electrons. The van der Waals surface area contributed by atoms with E-state index in [1.54, 1.807) is 6.20 Å². The van der Waals surface area contributed by atoms with Crippen LogP contribution in [0.4, 0.5) is 5.69 Å². The molecule has 2 N–H and O–H groups in total. The second kappa shape index (κ2) is 7.47. The second-order valence-electron chi connectivity index (χ2n) is 5.39. The van der Waals surface area contributed by atoms with Gasteiger partial charge in [-0.15, -0.1) is 0 Å². The van der Waals surface area contributed by atoms with Gasteiger partial charge < -0.3 is 10.6 Å². The number of nitrogens with one attached hydrogen (secondary N) is 2. The Bertz CT molecular complexity index is 608. The maximum atomic E-state index is 12.1. The fraction of sp³-hybridized carbons (Fsp3) is 0.375. The average Bonchev–Trinajstić information content (AvgIpc) is 2.96. The van der Waals surface area contributed by atoms with Crippen LogP contribution in [-0.2, 0) is 11.3 Å². The zero-order chi connectivity index (χ0) is 15.2. The molecule has 0 aliphatic carbocycles. The average molecular weight is 316 g/mol. The van der Waals surface area contributed by atoms with Gasteiger partial charge >= 0.3 is 0 Å². The van der Waals surface area contributed by atoms with Crippen molar-refractivity contribution in [3.8, 4) is 0 Å². The summed E-state index contributed by atoms with van der Waals surface area (Å²) < 4.78 is 1.83. The molecule has 116 valence electrons. The van der Waals surface area contributed by atoms with E-state index >= 15 is 0 Å². The highest BCUT2D eigenvalue weighted by molar-refractivity contribution is 7.99. The fourth-order valence-corrected chi connectivity index (χ4v) is 3.42. The first-order valence-electron chi connectivity index (χ1n) is 7.47. The molecule has 3 rings (SSSR count). The molecule has 0 spiro atoms. The topological polar surface area (TPSA) is 59.0 Å². The molecule has 1 aromatic carbocycles. The number of anilines is 1. The lowest BCUT2D eigenvalue weighted by molar-refractivity contribution is -0.116. The maximum absolute atomic E-state index is 12.1. The summed E-state index contributed by atoms with van der Waals surface area (Å²) in [6, 6.07) is 10.4. The standard InChI is InChI=1S/C16H20N4OS/c21-16(8-14-12-22-7-6-17-14)19-15-9-18-20(11-15)10-13-4-2-1-3-5-13/h1-5,9,11,14,17H,6-8,10,12H2,(H,19,21). The Kier molecular flexibility index (Phi) is 5.13. The molecule has 1 aliphatic heterocycles. The normalized spacial score (nSPS) is 18.1. The van der Waals surface area contributed by atoms with E-state index in [1.165, 1.54) is 5.56 Å². The van der Waals surface area contributed by atoms with E-state index in [9.17, 15) is 4.79 Å². The number of benzene rings is 1. The largest absolute Gasteiger partial charge is 0.323 e. The van der Waals surface area contributed by atoms with Crippen LogP contribution in [0.15, 0.2) is 42.7 Å². The van der Waals surface area contributed by atoms with Crippen LogP contribution in [0.3, 0.4) is 0 Å². The summed E-state index contributed by atoms with van der Waals surface area (Å²) in [6.45, 7) is 1.69. The predicted molar refractivity (Wildman–Crippen MR) is 90.1 cm³/mol. The van der Waals surface area contributed by atoms with E-state index in [2.05, 4.69) is 27.9 Å². The van der Waals surface area contributed by atoms with Crippen molar-refractivity contribution in [3.05, 3.63) is 48.3 Å². The summed E-state index contributed by atoms with van der Waals surface area (Å²) in [6.07, 6.45) is 4.08. The third-order valence-electron chi connectivity index (χ3n) is 3.53. The van der Waals surface area contributed by atoms with Crippen molar-refractivity contribution >= 4 is 23.4 Å². The van der Waals surface area contributed by atoms with E-state index in [-0.39, 0.29) is 11.9 Å². The molecule has 1 fully saturated rings. The number of hydrogen-bond donors (Lipinski definition) is 2. The number of rotatable bonds is 5. The first kappa shape index (κ1) is 15.1. The highest BCUT2D eigenvalue weighted by Crippen LogP contribution is 2.12. The van der Waals surface area contributed by atoms with Gasteiger partial charge in [0, 0.05) is 36.7 Å². The Labute approximate surface area is 134 Å². The fourth-order valence-electron chi connectivity index (χ4n) is 2.47. The highest BCUT2D eigenvalue weighted by atomic mass is 32.2. The number of thioether (sulfide) groups is 1. The van der Waals surface area contributed by atoms with Crippen LogP contribution in [0.1, 0.15) is 12.0 Å². The minimum atomic E-state index is 0.0410. The molecule has 0 saturated carbocycles. The van der Waals surface area contributed by atoms with E-state index in [0.29, 0.717) is 13.0 Å². The van der Waals surface area contributed by atoms with Crippen LogP contribution < -0.4 is 10.6 Å². The van der Waals surface area contributed by atoms with Gasteiger partial charge in [-0.2, -0.15) is 16.9 Å². The van der Waals surface area contributed by atoms with E-state index < -0.39 is 0 Å². The van der Waals surface area contributed by atoms with E-state index in [1.807, 2.05) is 40.8 Å². The highest BCUT2D eigenvalue weighted by Gasteiger charge is 2.17. The molecule has 5 nitrogen and oxygen atoms in total. The molecule has 1 amide bonds. The summed E-state index contributed by atoms with van der Waals surface area (Å²) in [5.74, 6) is 2.17. The summed E-state index contributed by atoms with van der Waals surface area (Å²) >= 11 is 1.90. The van der Waals surface area contributed by atoms with Crippen LogP contribution in [0.5, 0.6) is 0 Å². The monoisotopic (exact) mass is 316 g/mol. The molecular formula is C16H20N4OS. The molecule has 2 heterocycles. The van der Waals surface area contributed by atoms with Crippen molar-refractivity contribution < 1.29 is 4.79 Å². The third-order valence-corrected chi connectivity index (χ3v) is 4.67. The number of nitrogens with zero attached hydrogens (tertiary/aromatic N) is 2. The summed E-state index contributed by atoms with van der Waals surface area (Å²) in [7, 11) is 0. The molecule has 1 aromatic heterocycles. The molecule has 6 heteroatoms. The first-order valence-corrected chi connectivity index (χ1v) is 8.62. The zero-order valence-electron chi connectivity index (χ0n) is 12.4. The van der Waals surface area contributed by atoms with Crippen molar-refractivity contribution in [3.63, 3.8) is 0 Å². The lowest BCUT2D eigenvalue weighted by Crippen LogP contribution is -2.39. The number of hydrogen-bond acceptors (Lipinski definition) is 4. The second-order valence-corrected chi connectivity index (χ2v) is 6.54. The van der Waals surface area contributed by atoms with Crippen LogP contribution in [0.25, 0.3) is 0 Å². The van der Waals surface area contributed by atoms with Gasteiger partial charge in [0.25, 0.3) is 0 Å². The van der Waals surface area contributed by atoms with Crippen LogP contribution in [0.2, 0.25) is 0 Å². The van der Waals surface area contributed by atoms with Crippen LogP contribution >= 0.6 is 11.8 Å². The summed E-state index contributed by atoms with van der Waals surface area (Å²) in [5, 5.41) is 10.6. The van der Waals surface area contributed by atoms with Crippen molar-refractivity contribution in [2.24, 2.45) is 0 Å². The Morgan fingerprint density at radius 3 is 3.05 bits per heavy atom. The van der Waals surface area contributed by atoms with E-state index in [0.717, 1.165) is 23.7 Å². The first-order chi connectivity index (χ1) is 10.8. The van der Waals surface area contributed by atoms with Gasteiger partial charge in [0.1, 0.15) is 0 Å². The molecule has 1 aliphatic rings.